The molecule has 1 amide bonds. The first-order valence-corrected chi connectivity index (χ1v) is 22.8. The topological polar surface area (TPSA) is 124 Å². The summed E-state index contributed by atoms with van der Waals surface area (Å²) in [5.41, 5.74) is 0. The number of rotatable bonds is 38. The molecule has 3 unspecified atom stereocenters. The molecule has 0 saturated heterocycles. The van der Waals surface area contributed by atoms with Gasteiger partial charge in [0.15, 0.2) is 0 Å². The second kappa shape index (κ2) is 36.2. The van der Waals surface area contributed by atoms with Crippen LogP contribution in [0.5, 0.6) is 0 Å². The van der Waals surface area contributed by atoms with Crippen LogP contribution in [-0.4, -0.2) is 53.1 Å². The minimum atomic E-state index is -4.45. The third kappa shape index (κ3) is 35.2. The lowest BCUT2D eigenvalue weighted by Crippen LogP contribution is -2.50. The summed E-state index contributed by atoms with van der Waals surface area (Å²) in [6, 6.07) is -1.24. The molecular formula is C42H81NO6S. The zero-order chi connectivity index (χ0) is 37.0. The number of nitrogens with one attached hydrogen (secondary N) is 1. The molecule has 4 N–H and O–H groups in total. The van der Waals surface area contributed by atoms with Gasteiger partial charge in [-0.1, -0.05) is 205 Å². The Morgan fingerprint density at radius 1 is 0.540 bits per heavy atom. The largest absolute Gasteiger partial charge is 0.387 e. The van der Waals surface area contributed by atoms with Crippen LogP contribution in [0.3, 0.4) is 0 Å². The van der Waals surface area contributed by atoms with Crippen LogP contribution in [0.25, 0.3) is 0 Å². The van der Waals surface area contributed by atoms with E-state index in [1.54, 1.807) is 6.08 Å². The van der Waals surface area contributed by atoms with Gasteiger partial charge in [0.1, 0.15) is 6.10 Å². The smallest absolute Gasteiger partial charge is 0.267 e. The van der Waals surface area contributed by atoms with Crippen molar-refractivity contribution in [2.75, 3.05) is 5.75 Å². The number of amides is 1. The lowest BCUT2D eigenvalue weighted by molar-refractivity contribution is -0.130. The molecule has 50 heavy (non-hydrogen) atoms. The maximum atomic E-state index is 12.6. The third-order valence-electron chi connectivity index (χ3n) is 9.74. The van der Waals surface area contributed by atoms with E-state index in [-0.39, 0.29) is 6.42 Å². The second-order valence-electron chi connectivity index (χ2n) is 14.8. The van der Waals surface area contributed by atoms with Crippen LogP contribution in [0.2, 0.25) is 0 Å². The summed E-state index contributed by atoms with van der Waals surface area (Å²) in [5, 5.41) is 23.4. The van der Waals surface area contributed by atoms with Gasteiger partial charge in [-0.15, -0.1) is 0 Å². The number of carbonyl (C=O) groups excluding carboxylic acids is 1. The van der Waals surface area contributed by atoms with Crippen LogP contribution in [0.4, 0.5) is 0 Å². The lowest BCUT2D eigenvalue weighted by atomic mass is 10.0. The number of carbonyl (C=O) groups is 1. The Labute approximate surface area is 309 Å². The summed E-state index contributed by atoms with van der Waals surface area (Å²) in [6.07, 6.45) is 42.4. The van der Waals surface area contributed by atoms with Gasteiger partial charge in [0.05, 0.1) is 17.9 Å². The molecule has 0 aromatic rings. The summed E-state index contributed by atoms with van der Waals surface area (Å²) < 4.78 is 32.5. The average Bonchev–Trinajstić information content (AvgIpc) is 3.08. The maximum absolute atomic E-state index is 12.6. The molecule has 0 aliphatic heterocycles. The normalized spacial score (nSPS) is 14.1. The van der Waals surface area contributed by atoms with Crippen molar-refractivity contribution in [1.29, 1.82) is 0 Å². The summed E-state index contributed by atoms with van der Waals surface area (Å²) in [6.45, 7) is 4.51. The van der Waals surface area contributed by atoms with E-state index >= 15 is 0 Å². The minimum Gasteiger partial charge on any atom is -0.387 e. The Balaban J connectivity index is 4.04. The van der Waals surface area contributed by atoms with E-state index in [4.69, 9.17) is 0 Å². The van der Waals surface area contributed by atoms with E-state index in [0.717, 1.165) is 32.1 Å². The number of unbranched alkanes of at least 4 members (excludes halogenated alkanes) is 27. The van der Waals surface area contributed by atoms with Gasteiger partial charge in [-0.25, -0.2) is 0 Å². The standard InChI is InChI=1S/C42H81NO6S/c1-3-5-7-9-11-13-15-17-18-19-20-21-22-23-25-26-28-30-32-34-36-40(44)39(38-50(47,48)49)43-42(46)41(45)37-35-33-31-29-27-24-16-14-12-10-8-6-4-2/h26,28,34,36,39-41,44-45H,3-25,27,29-33,35,37-38H2,1-2H3,(H,43,46)(H,47,48,49)/b28-26+,36-34+. The van der Waals surface area contributed by atoms with Crippen molar-refractivity contribution >= 4 is 16.0 Å². The molecule has 0 rings (SSSR count). The van der Waals surface area contributed by atoms with Crippen molar-refractivity contribution in [1.82, 2.24) is 5.32 Å². The van der Waals surface area contributed by atoms with Gasteiger partial charge < -0.3 is 15.5 Å². The van der Waals surface area contributed by atoms with E-state index in [1.165, 1.54) is 154 Å². The number of hydrogen-bond acceptors (Lipinski definition) is 5. The number of allylic oxidation sites excluding steroid dienone is 3. The highest BCUT2D eigenvalue weighted by atomic mass is 32.2. The Morgan fingerprint density at radius 3 is 1.32 bits per heavy atom. The van der Waals surface area contributed by atoms with E-state index < -0.39 is 40.0 Å². The summed E-state index contributed by atoms with van der Waals surface area (Å²) in [5.74, 6) is -1.55. The fourth-order valence-corrected chi connectivity index (χ4v) is 7.21. The lowest BCUT2D eigenvalue weighted by Gasteiger charge is -2.22. The zero-order valence-corrected chi connectivity index (χ0v) is 33.5. The van der Waals surface area contributed by atoms with Crippen molar-refractivity contribution in [3.05, 3.63) is 24.3 Å². The Morgan fingerprint density at radius 2 is 0.900 bits per heavy atom. The number of aliphatic hydroxyl groups excluding tert-OH is 2. The average molecular weight is 728 g/mol. The predicted octanol–water partition coefficient (Wildman–Crippen LogP) is 11.3. The van der Waals surface area contributed by atoms with Crippen molar-refractivity contribution < 1.29 is 28.0 Å². The van der Waals surface area contributed by atoms with Crippen LogP contribution in [-0.2, 0) is 14.9 Å². The molecule has 7 nitrogen and oxygen atoms in total. The van der Waals surface area contributed by atoms with Crippen LogP contribution in [0, 0.1) is 0 Å². The van der Waals surface area contributed by atoms with Crippen molar-refractivity contribution in [2.24, 2.45) is 0 Å². The van der Waals surface area contributed by atoms with Gasteiger partial charge in [0, 0.05) is 0 Å². The number of aliphatic hydroxyl groups is 2. The van der Waals surface area contributed by atoms with Gasteiger partial charge in [-0.3, -0.25) is 9.35 Å². The zero-order valence-electron chi connectivity index (χ0n) is 32.6. The van der Waals surface area contributed by atoms with Crippen molar-refractivity contribution in [3.8, 4) is 0 Å². The molecule has 0 aromatic heterocycles. The fraction of sp³-hybridized carbons (Fsp3) is 0.881. The van der Waals surface area contributed by atoms with Crippen LogP contribution >= 0.6 is 0 Å². The molecule has 0 spiro atoms. The third-order valence-corrected chi connectivity index (χ3v) is 10.5. The summed E-state index contributed by atoms with van der Waals surface area (Å²) >= 11 is 0. The Kier molecular flexibility index (Phi) is 35.3. The molecule has 0 saturated carbocycles. The first-order valence-electron chi connectivity index (χ1n) is 21.1. The predicted molar refractivity (Wildman–Crippen MR) is 213 cm³/mol. The molecule has 0 aliphatic carbocycles. The monoisotopic (exact) mass is 728 g/mol. The maximum Gasteiger partial charge on any atom is 0.267 e. The molecule has 0 aromatic carbocycles. The Hall–Kier alpha value is -1.22. The van der Waals surface area contributed by atoms with Crippen molar-refractivity contribution in [3.63, 3.8) is 0 Å². The van der Waals surface area contributed by atoms with E-state index in [1.807, 2.05) is 0 Å². The molecule has 0 bridgehead atoms. The van der Waals surface area contributed by atoms with Gasteiger partial charge in [0.2, 0.25) is 5.91 Å². The SMILES string of the molecule is CCCCCCCCCCCCCCCC/C=C/CC/C=C/C(O)C(CS(=O)(=O)O)NC(=O)C(O)CCCCCCCCCCCCCCC. The van der Waals surface area contributed by atoms with Crippen LogP contribution < -0.4 is 5.32 Å². The van der Waals surface area contributed by atoms with Gasteiger partial charge in [-0.05, 0) is 32.1 Å². The summed E-state index contributed by atoms with van der Waals surface area (Å²) in [7, 11) is -4.45. The molecule has 8 heteroatoms. The van der Waals surface area contributed by atoms with E-state index in [0.29, 0.717) is 12.8 Å². The molecule has 0 fully saturated rings. The highest BCUT2D eigenvalue weighted by Gasteiger charge is 2.27. The first kappa shape index (κ1) is 48.8. The van der Waals surface area contributed by atoms with Crippen LogP contribution in [0.15, 0.2) is 24.3 Å². The molecule has 0 heterocycles. The molecule has 3 atom stereocenters. The Bertz CT molecular complexity index is 906. The highest BCUT2D eigenvalue weighted by Crippen LogP contribution is 2.15. The summed E-state index contributed by atoms with van der Waals surface area (Å²) in [4.78, 5) is 12.6. The van der Waals surface area contributed by atoms with Gasteiger partial charge in [-0.2, -0.15) is 8.42 Å². The van der Waals surface area contributed by atoms with Gasteiger partial charge in [0.25, 0.3) is 10.1 Å². The molecule has 0 radical (unpaired) electrons. The van der Waals surface area contributed by atoms with E-state index in [9.17, 15) is 28.0 Å². The second-order valence-corrected chi connectivity index (χ2v) is 16.3. The number of hydrogen-bond donors (Lipinski definition) is 4. The highest BCUT2D eigenvalue weighted by molar-refractivity contribution is 7.85. The first-order chi connectivity index (χ1) is 24.2. The van der Waals surface area contributed by atoms with Crippen molar-refractivity contribution in [2.45, 2.75) is 231 Å². The van der Waals surface area contributed by atoms with E-state index in [2.05, 4.69) is 31.3 Å². The van der Waals surface area contributed by atoms with Gasteiger partial charge >= 0.3 is 0 Å². The molecule has 0 aliphatic rings. The fourth-order valence-electron chi connectivity index (χ4n) is 6.47. The molecule has 296 valence electrons. The van der Waals surface area contributed by atoms with Crippen LogP contribution in [0.1, 0.15) is 213 Å². The minimum absolute atomic E-state index is 0.278. The molecular weight excluding hydrogens is 647 g/mol. The quantitative estimate of drug-likeness (QED) is 0.0285.